The second-order valence-corrected chi connectivity index (χ2v) is 4.10. The average Bonchev–Trinajstić information content (AvgIpc) is 2.18. The highest BCUT2D eigenvalue weighted by molar-refractivity contribution is 6.30. The molecule has 15 heavy (non-hydrogen) atoms. The number of carbonyl (C=O) groups is 1. The lowest BCUT2D eigenvalue weighted by Gasteiger charge is -2.14. The minimum Gasteiger partial charge on any atom is -0.350 e. The Hall–Kier alpha value is -0.730. The zero-order valence-corrected chi connectivity index (χ0v) is 9.98. The molecule has 0 spiro atoms. The number of alkyl halides is 1. The maximum Gasteiger partial charge on any atom is 0.221 e. The number of hydrogen-bond acceptors (Lipinski definition) is 1. The Kier molecular flexibility index (Phi) is 4.92. The Bertz CT molecular complexity index is 341. The van der Waals surface area contributed by atoms with Crippen LogP contribution in [0.25, 0.3) is 0 Å². The number of carbonyl (C=O) groups excluding carboxylic acids is 1. The van der Waals surface area contributed by atoms with E-state index in [0.717, 1.165) is 5.56 Å². The third-order valence-corrected chi connectivity index (χ3v) is 2.47. The maximum atomic E-state index is 11.3. The van der Waals surface area contributed by atoms with Gasteiger partial charge in [0.15, 0.2) is 0 Å². The first-order valence-corrected chi connectivity index (χ1v) is 5.65. The van der Waals surface area contributed by atoms with E-state index in [1.807, 2.05) is 25.1 Å². The van der Waals surface area contributed by atoms with Gasteiger partial charge < -0.3 is 5.32 Å². The Labute approximate surface area is 99.6 Å². The molecule has 0 aliphatic carbocycles. The summed E-state index contributed by atoms with van der Waals surface area (Å²) in [4.78, 5) is 11.3. The van der Waals surface area contributed by atoms with Gasteiger partial charge in [-0.15, -0.1) is 11.6 Å². The lowest BCUT2D eigenvalue weighted by Crippen LogP contribution is -2.26. The normalized spacial score (nSPS) is 12.2. The lowest BCUT2D eigenvalue weighted by atomic mass is 10.1. The van der Waals surface area contributed by atoms with Crippen molar-refractivity contribution in [3.8, 4) is 0 Å². The molecule has 0 bridgehead atoms. The van der Waals surface area contributed by atoms with Gasteiger partial charge in [-0.05, 0) is 24.6 Å². The number of benzene rings is 1. The van der Waals surface area contributed by atoms with Crippen LogP contribution < -0.4 is 5.32 Å². The van der Waals surface area contributed by atoms with Crippen LogP contribution >= 0.6 is 23.2 Å². The molecule has 0 radical (unpaired) electrons. The lowest BCUT2D eigenvalue weighted by molar-refractivity contribution is -0.121. The summed E-state index contributed by atoms with van der Waals surface area (Å²) < 4.78 is 0. The van der Waals surface area contributed by atoms with Crippen molar-refractivity contribution >= 4 is 29.1 Å². The summed E-state index contributed by atoms with van der Waals surface area (Å²) in [7, 11) is 0. The van der Waals surface area contributed by atoms with Crippen molar-refractivity contribution in [2.45, 2.75) is 19.4 Å². The molecule has 0 saturated carbocycles. The summed E-state index contributed by atoms with van der Waals surface area (Å²) in [6.45, 7) is 1.91. The molecule has 0 fully saturated rings. The van der Waals surface area contributed by atoms with Gasteiger partial charge >= 0.3 is 0 Å². The van der Waals surface area contributed by atoms with Crippen LogP contribution in [0.2, 0.25) is 5.02 Å². The molecule has 1 atom stereocenters. The minimum atomic E-state index is -0.0440. The van der Waals surface area contributed by atoms with Crippen LogP contribution in [-0.2, 0) is 4.79 Å². The summed E-state index contributed by atoms with van der Waals surface area (Å²) in [5.74, 6) is 0.297. The van der Waals surface area contributed by atoms with Gasteiger partial charge in [0, 0.05) is 17.3 Å². The zero-order chi connectivity index (χ0) is 11.3. The highest BCUT2D eigenvalue weighted by Crippen LogP contribution is 2.17. The Morgan fingerprint density at radius 3 is 2.87 bits per heavy atom. The summed E-state index contributed by atoms with van der Waals surface area (Å²) >= 11 is 11.3. The molecule has 2 nitrogen and oxygen atoms in total. The molecule has 4 heteroatoms. The van der Waals surface area contributed by atoms with Crippen molar-refractivity contribution in [2.24, 2.45) is 0 Å². The van der Waals surface area contributed by atoms with Crippen LogP contribution in [0.4, 0.5) is 0 Å². The molecule has 1 aromatic carbocycles. The fourth-order valence-corrected chi connectivity index (χ4v) is 1.63. The quantitative estimate of drug-likeness (QED) is 0.812. The van der Waals surface area contributed by atoms with Crippen molar-refractivity contribution in [3.63, 3.8) is 0 Å². The molecular weight excluding hydrogens is 233 g/mol. The van der Waals surface area contributed by atoms with Crippen molar-refractivity contribution < 1.29 is 4.79 Å². The third-order valence-electron chi connectivity index (χ3n) is 2.05. The Morgan fingerprint density at radius 2 is 2.27 bits per heavy atom. The fourth-order valence-electron chi connectivity index (χ4n) is 1.26. The van der Waals surface area contributed by atoms with E-state index in [9.17, 15) is 4.79 Å². The predicted molar refractivity (Wildman–Crippen MR) is 63.3 cm³/mol. The number of amides is 1. The van der Waals surface area contributed by atoms with Crippen LogP contribution in [0.3, 0.4) is 0 Å². The van der Waals surface area contributed by atoms with E-state index in [-0.39, 0.29) is 11.9 Å². The van der Waals surface area contributed by atoms with E-state index in [4.69, 9.17) is 23.2 Å². The minimum absolute atomic E-state index is 0.0422. The third kappa shape index (κ3) is 4.10. The van der Waals surface area contributed by atoms with E-state index in [0.29, 0.717) is 17.3 Å². The number of hydrogen-bond donors (Lipinski definition) is 1. The molecular formula is C11H13Cl2NO. The number of nitrogens with one attached hydrogen (secondary N) is 1. The first kappa shape index (κ1) is 12.3. The van der Waals surface area contributed by atoms with Gasteiger partial charge in [0.2, 0.25) is 5.91 Å². The molecule has 0 aliphatic heterocycles. The SMILES string of the molecule is C[C@@H](NC(=O)CCCl)c1cccc(Cl)c1. The highest BCUT2D eigenvalue weighted by atomic mass is 35.5. The van der Waals surface area contributed by atoms with Crippen LogP contribution in [-0.4, -0.2) is 11.8 Å². The van der Waals surface area contributed by atoms with Crippen LogP contribution in [0.1, 0.15) is 24.9 Å². The molecule has 1 N–H and O–H groups in total. The highest BCUT2D eigenvalue weighted by Gasteiger charge is 2.08. The van der Waals surface area contributed by atoms with Crippen LogP contribution in [0.15, 0.2) is 24.3 Å². The van der Waals surface area contributed by atoms with E-state index >= 15 is 0 Å². The van der Waals surface area contributed by atoms with Crippen LogP contribution in [0.5, 0.6) is 0 Å². The number of rotatable bonds is 4. The molecule has 1 rings (SSSR count). The van der Waals surface area contributed by atoms with Gasteiger partial charge in [0.25, 0.3) is 0 Å². The van der Waals surface area contributed by atoms with E-state index in [1.54, 1.807) is 6.07 Å². The maximum absolute atomic E-state index is 11.3. The zero-order valence-electron chi connectivity index (χ0n) is 8.47. The Balaban J connectivity index is 2.60. The summed E-state index contributed by atoms with van der Waals surface area (Å²) in [5.41, 5.74) is 0.991. The first-order chi connectivity index (χ1) is 7.13. The molecule has 0 unspecified atom stereocenters. The van der Waals surface area contributed by atoms with Gasteiger partial charge in [0.1, 0.15) is 0 Å². The fraction of sp³-hybridized carbons (Fsp3) is 0.364. The summed E-state index contributed by atoms with van der Waals surface area (Å²) in [6, 6.07) is 7.39. The van der Waals surface area contributed by atoms with Gasteiger partial charge in [-0.3, -0.25) is 4.79 Å². The average molecular weight is 246 g/mol. The predicted octanol–water partition coefficient (Wildman–Crippen LogP) is 3.15. The first-order valence-electron chi connectivity index (χ1n) is 4.74. The molecule has 0 saturated heterocycles. The molecule has 1 amide bonds. The molecule has 0 heterocycles. The van der Waals surface area contributed by atoms with E-state index in [1.165, 1.54) is 0 Å². The van der Waals surface area contributed by atoms with E-state index in [2.05, 4.69) is 5.32 Å². The van der Waals surface area contributed by atoms with Gasteiger partial charge in [-0.2, -0.15) is 0 Å². The Morgan fingerprint density at radius 1 is 1.53 bits per heavy atom. The van der Waals surface area contributed by atoms with Gasteiger partial charge in [-0.25, -0.2) is 0 Å². The van der Waals surface area contributed by atoms with Crippen molar-refractivity contribution in [1.29, 1.82) is 0 Å². The molecule has 1 aromatic rings. The van der Waals surface area contributed by atoms with Crippen molar-refractivity contribution in [2.75, 3.05) is 5.88 Å². The second-order valence-electron chi connectivity index (χ2n) is 3.28. The van der Waals surface area contributed by atoms with Gasteiger partial charge in [0.05, 0.1) is 6.04 Å². The summed E-state index contributed by atoms with van der Waals surface area (Å²) in [6.07, 6.45) is 0.340. The standard InChI is InChI=1S/C11H13Cl2NO/c1-8(14-11(15)5-6-12)9-3-2-4-10(13)7-9/h2-4,7-8H,5-6H2,1H3,(H,14,15)/t8-/m1/s1. The number of halogens is 2. The topological polar surface area (TPSA) is 29.1 Å². The van der Waals surface area contributed by atoms with Crippen LogP contribution in [0, 0.1) is 0 Å². The van der Waals surface area contributed by atoms with Gasteiger partial charge in [-0.1, -0.05) is 23.7 Å². The largest absolute Gasteiger partial charge is 0.350 e. The molecule has 82 valence electrons. The van der Waals surface area contributed by atoms with Crippen molar-refractivity contribution in [3.05, 3.63) is 34.9 Å². The summed E-state index contributed by atoms with van der Waals surface area (Å²) in [5, 5.41) is 3.51. The smallest absolute Gasteiger partial charge is 0.221 e. The molecule has 0 aromatic heterocycles. The molecule has 0 aliphatic rings. The van der Waals surface area contributed by atoms with E-state index < -0.39 is 0 Å². The van der Waals surface area contributed by atoms with Crippen molar-refractivity contribution in [1.82, 2.24) is 5.32 Å². The second kappa shape index (κ2) is 5.99. The monoisotopic (exact) mass is 245 g/mol.